The summed E-state index contributed by atoms with van der Waals surface area (Å²) in [6, 6.07) is 15.7. The zero-order chi connectivity index (χ0) is 19.3. The molecule has 4 rings (SSSR count). The molecule has 5 heteroatoms. The van der Waals surface area contributed by atoms with E-state index >= 15 is 0 Å². The number of amides is 1. The van der Waals surface area contributed by atoms with Crippen molar-refractivity contribution >= 4 is 11.7 Å². The standard InChI is InChI=1S/C23H24N4O/c1-17-6-2-3-7-20(17)16-26-23(28)19-10-8-18(9-11-19)21-22(25-13-12-24-21)27-14-4-5-15-27/h2-3,6-13H,4-5,14-16H2,1H3,(H,26,28). The molecule has 3 aromatic rings. The van der Waals surface area contributed by atoms with E-state index in [9.17, 15) is 4.79 Å². The Bertz CT molecular complexity index is 962. The molecular formula is C23H24N4O. The number of anilines is 1. The number of carbonyl (C=O) groups is 1. The van der Waals surface area contributed by atoms with Crippen LogP contribution in [0.1, 0.15) is 34.3 Å². The Morgan fingerprint density at radius 1 is 1.00 bits per heavy atom. The van der Waals surface area contributed by atoms with E-state index in [1.807, 2.05) is 42.5 Å². The number of hydrogen-bond donors (Lipinski definition) is 1. The van der Waals surface area contributed by atoms with Gasteiger partial charge in [0.05, 0.1) is 0 Å². The Kier molecular flexibility index (Phi) is 5.33. The van der Waals surface area contributed by atoms with Gasteiger partial charge in [-0.15, -0.1) is 0 Å². The maximum Gasteiger partial charge on any atom is 0.251 e. The SMILES string of the molecule is Cc1ccccc1CNC(=O)c1ccc(-c2nccnc2N2CCCC2)cc1. The molecule has 142 valence electrons. The molecule has 2 heterocycles. The van der Waals surface area contributed by atoms with Crippen LogP contribution in [0.2, 0.25) is 0 Å². The molecule has 1 aromatic heterocycles. The molecule has 0 spiro atoms. The van der Waals surface area contributed by atoms with E-state index in [4.69, 9.17) is 0 Å². The molecule has 0 saturated carbocycles. The lowest BCUT2D eigenvalue weighted by Gasteiger charge is -2.19. The molecular weight excluding hydrogens is 348 g/mol. The normalized spacial score (nSPS) is 13.5. The summed E-state index contributed by atoms with van der Waals surface area (Å²) in [7, 11) is 0. The molecule has 1 aliphatic rings. The molecule has 1 fully saturated rings. The molecule has 1 N–H and O–H groups in total. The van der Waals surface area contributed by atoms with Gasteiger partial charge in [0.1, 0.15) is 5.69 Å². The lowest BCUT2D eigenvalue weighted by atomic mass is 10.1. The number of nitrogens with one attached hydrogen (secondary N) is 1. The van der Waals surface area contributed by atoms with E-state index in [0.717, 1.165) is 35.7 Å². The fourth-order valence-electron chi connectivity index (χ4n) is 3.56. The van der Waals surface area contributed by atoms with Gasteiger partial charge in [-0.25, -0.2) is 4.98 Å². The third kappa shape index (κ3) is 3.88. The molecule has 2 aromatic carbocycles. The maximum atomic E-state index is 12.5. The Morgan fingerprint density at radius 3 is 2.46 bits per heavy atom. The van der Waals surface area contributed by atoms with Gasteiger partial charge in [0.2, 0.25) is 0 Å². The summed E-state index contributed by atoms with van der Waals surface area (Å²) in [6.45, 7) is 4.61. The smallest absolute Gasteiger partial charge is 0.251 e. The molecule has 28 heavy (non-hydrogen) atoms. The van der Waals surface area contributed by atoms with Crippen LogP contribution in [0.3, 0.4) is 0 Å². The van der Waals surface area contributed by atoms with Crippen LogP contribution < -0.4 is 10.2 Å². The predicted octanol–water partition coefficient (Wildman–Crippen LogP) is 3.98. The second-order valence-corrected chi connectivity index (χ2v) is 7.11. The van der Waals surface area contributed by atoms with E-state index in [1.165, 1.54) is 18.4 Å². The quantitative estimate of drug-likeness (QED) is 0.736. The number of hydrogen-bond acceptors (Lipinski definition) is 4. The van der Waals surface area contributed by atoms with Crippen molar-refractivity contribution in [2.45, 2.75) is 26.3 Å². The molecule has 1 aliphatic heterocycles. The van der Waals surface area contributed by atoms with Crippen LogP contribution in [0.25, 0.3) is 11.3 Å². The van der Waals surface area contributed by atoms with Crippen LogP contribution in [-0.4, -0.2) is 29.0 Å². The average molecular weight is 372 g/mol. The van der Waals surface area contributed by atoms with Crippen LogP contribution in [0.5, 0.6) is 0 Å². The van der Waals surface area contributed by atoms with Crippen molar-refractivity contribution in [3.63, 3.8) is 0 Å². The van der Waals surface area contributed by atoms with Crippen molar-refractivity contribution in [2.24, 2.45) is 0 Å². The van der Waals surface area contributed by atoms with E-state index in [-0.39, 0.29) is 5.91 Å². The van der Waals surface area contributed by atoms with Gasteiger partial charge in [0.15, 0.2) is 5.82 Å². The first-order valence-electron chi connectivity index (χ1n) is 9.71. The van der Waals surface area contributed by atoms with Gasteiger partial charge in [-0.3, -0.25) is 9.78 Å². The number of benzene rings is 2. The Morgan fingerprint density at radius 2 is 1.71 bits per heavy atom. The highest BCUT2D eigenvalue weighted by Crippen LogP contribution is 2.29. The van der Waals surface area contributed by atoms with Gasteiger partial charge < -0.3 is 10.2 Å². The highest BCUT2D eigenvalue weighted by atomic mass is 16.1. The Balaban J connectivity index is 1.48. The van der Waals surface area contributed by atoms with Crippen molar-refractivity contribution < 1.29 is 4.79 Å². The molecule has 0 atom stereocenters. The summed E-state index contributed by atoms with van der Waals surface area (Å²) in [5.41, 5.74) is 4.79. The van der Waals surface area contributed by atoms with E-state index in [0.29, 0.717) is 12.1 Å². The maximum absolute atomic E-state index is 12.5. The van der Waals surface area contributed by atoms with E-state index < -0.39 is 0 Å². The average Bonchev–Trinajstić information content (AvgIpc) is 3.28. The summed E-state index contributed by atoms with van der Waals surface area (Å²) in [6.07, 6.45) is 5.84. The van der Waals surface area contributed by atoms with Gasteiger partial charge in [-0.1, -0.05) is 36.4 Å². The third-order valence-corrected chi connectivity index (χ3v) is 5.21. The summed E-state index contributed by atoms with van der Waals surface area (Å²) >= 11 is 0. The molecule has 0 aliphatic carbocycles. The van der Waals surface area contributed by atoms with Gasteiger partial charge in [0, 0.05) is 43.2 Å². The zero-order valence-corrected chi connectivity index (χ0v) is 16.1. The minimum atomic E-state index is -0.0753. The van der Waals surface area contributed by atoms with Crippen molar-refractivity contribution in [1.82, 2.24) is 15.3 Å². The van der Waals surface area contributed by atoms with Crippen LogP contribution in [0.15, 0.2) is 60.9 Å². The minimum Gasteiger partial charge on any atom is -0.355 e. The second kappa shape index (κ2) is 8.21. The summed E-state index contributed by atoms with van der Waals surface area (Å²) in [5.74, 6) is 0.852. The van der Waals surface area contributed by atoms with Crippen molar-refractivity contribution in [2.75, 3.05) is 18.0 Å². The van der Waals surface area contributed by atoms with Crippen molar-refractivity contribution in [1.29, 1.82) is 0 Å². The highest BCUT2D eigenvalue weighted by molar-refractivity contribution is 5.94. The predicted molar refractivity (Wildman–Crippen MR) is 111 cm³/mol. The second-order valence-electron chi connectivity index (χ2n) is 7.11. The largest absolute Gasteiger partial charge is 0.355 e. The Hall–Kier alpha value is -3.21. The van der Waals surface area contributed by atoms with E-state index in [1.54, 1.807) is 12.4 Å². The summed E-state index contributed by atoms with van der Waals surface area (Å²) < 4.78 is 0. The number of carbonyl (C=O) groups excluding carboxylic acids is 1. The fourth-order valence-corrected chi connectivity index (χ4v) is 3.56. The number of nitrogens with zero attached hydrogens (tertiary/aromatic N) is 3. The summed E-state index contributed by atoms with van der Waals surface area (Å²) in [4.78, 5) is 23.9. The van der Waals surface area contributed by atoms with Crippen molar-refractivity contribution in [3.8, 4) is 11.3 Å². The van der Waals surface area contributed by atoms with Crippen LogP contribution in [-0.2, 0) is 6.54 Å². The first kappa shape index (κ1) is 18.2. The van der Waals surface area contributed by atoms with Gasteiger partial charge in [-0.05, 0) is 43.0 Å². The van der Waals surface area contributed by atoms with Crippen LogP contribution in [0.4, 0.5) is 5.82 Å². The van der Waals surface area contributed by atoms with Crippen LogP contribution >= 0.6 is 0 Å². The van der Waals surface area contributed by atoms with Gasteiger partial charge >= 0.3 is 0 Å². The zero-order valence-electron chi connectivity index (χ0n) is 16.1. The molecule has 1 saturated heterocycles. The molecule has 0 bridgehead atoms. The fraction of sp³-hybridized carbons (Fsp3) is 0.261. The topological polar surface area (TPSA) is 58.1 Å². The molecule has 5 nitrogen and oxygen atoms in total. The summed E-state index contributed by atoms with van der Waals surface area (Å²) in [5, 5.41) is 3.00. The first-order chi connectivity index (χ1) is 13.7. The van der Waals surface area contributed by atoms with E-state index in [2.05, 4.69) is 33.2 Å². The lowest BCUT2D eigenvalue weighted by Crippen LogP contribution is -2.23. The third-order valence-electron chi connectivity index (χ3n) is 5.21. The highest BCUT2D eigenvalue weighted by Gasteiger charge is 2.19. The van der Waals surface area contributed by atoms with Crippen LogP contribution in [0, 0.1) is 6.92 Å². The Labute approximate surface area is 165 Å². The minimum absolute atomic E-state index is 0.0753. The van der Waals surface area contributed by atoms with Gasteiger partial charge in [-0.2, -0.15) is 0 Å². The number of rotatable bonds is 5. The first-order valence-corrected chi connectivity index (χ1v) is 9.71. The molecule has 0 unspecified atom stereocenters. The lowest BCUT2D eigenvalue weighted by molar-refractivity contribution is 0.0951. The van der Waals surface area contributed by atoms with Crippen molar-refractivity contribution in [3.05, 3.63) is 77.6 Å². The molecule has 1 amide bonds. The van der Waals surface area contributed by atoms with Gasteiger partial charge in [0.25, 0.3) is 5.91 Å². The monoisotopic (exact) mass is 372 g/mol. The number of aryl methyl sites for hydroxylation is 1. The molecule has 0 radical (unpaired) electrons. The number of aromatic nitrogens is 2.